The number of nitrogens with one attached hydrogen (secondary N) is 2. The zero-order valence-electron chi connectivity index (χ0n) is 12.5. The first-order valence-electron chi connectivity index (χ1n) is 7.69. The molecular formula is C14H26ClN5O. The molecule has 1 aliphatic carbocycles. The Morgan fingerprint density at radius 3 is 2.62 bits per heavy atom. The highest BCUT2D eigenvalue weighted by molar-refractivity contribution is 5.85. The number of halogens is 1. The number of hydrogen-bond donors (Lipinski definition) is 2. The van der Waals surface area contributed by atoms with Gasteiger partial charge >= 0.3 is 0 Å². The minimum atomic E-state index is 0. The van der Waals surface area contributed by atoms with Gasteiger partial charge in [0.05, 0.1) is 12.7 Å². The molecule has 0 saturated heterocycles. The third-order valence-corrected chi connectivity index (χ3v) is 3.78. The van der Waals surface area contributed by atoms with E-state index in [-0.39, 0.29) is 18.3 Å². The van der Waals surface area contributed by atoms with Crippen molar-refractivity contribution in [3.05, 3.63) is 12.4 Å². The van der Waals surface area contributed by atoms with Gasteiger partial charge in [-0.05, 0) is 12.8 Å². The summed E-state index contributed by atoms with van der Waals surface area (Å²) in [6, 6.07) is 0.643. The quantitative estimate of drug-likeness (QED) is 0.591. The fourth-order valence-corrected chi connectivity index (χ4v) is 2.62. The van der Waals surface area contributed by atoms with E-state index in [2.05, 4.69) is 20.9 Å². The second-order valence-electron chi connectivity index (χ2n) is 5.41. The van der Waals surface area contributed by atoms with Crippen molar-refractivity contribution in [1.29, 1.82) is 0 Å². The Labute approximate surface area is 132 Å². The van der Waals surface area contributed by atoms with Crippen LogP contribution in [0.25, 0.3) is 0 Å². The molecule has 0 bridgehead atoms. The molecule has 1 amide bonds. The average molecular weight is 316 g/mol. The van der Waals surface area contributed by atoms with Crippen molar-refractivity contribution in [3.8, 4) is 0 Å². The highest BCUT2D eigenvalue weighted by Gasteiger charge is 2.10. The van der Waals surface area contributed by atoms with Crippen LogP contribution in [0.5, 0.6) is 0 Å². The minimum Gasteiger partial charge on any atom is -0.355 e. The first-order chi connectivity index (χ1) is 9.84. The number of carbonyl (C=O) groups excluding carboxylic acids is 1. The van der Waals surface area contributed by atoms with Crippen molar-refractivity contribution in [2.75, 3.05) is 13.1 Å². The maximum atomic E-state index is 11.6. The third-order valence-electron chi connectivity index (χ3n) is 3.78. The van der Waals surface area contributed by atoms with Gasteiger partial charge in [0, 0.05) is 31.7 Å². The lowest BCUT2D eigenvalue weighted by Crippen LogP contribution is -2.37. The van der Waals surface area contributed by atoms with E-state index in [1.807, 2.05) is 0 Å². The number of aryl methyl sites for hydroxylation is 1. The van der Waals surface area contributed by atoms with Gasteiger partial charge in [-0.1, -0.05) is 30.9 Å². The summed E-state index contributed by atoms with van der Waals surface area (Å²) in [4.78, 5) is 11.6. The van der Waals surface area contributed by atoms with Gasteiger partial charge in [-0.3, -0.25) is 9.48 Å². The standard InChI is InChI=1S/C14H25N5O.ClH/c20-14(7-11-19-12-10-17-18-19)16-9-8-15-13-5-3-1-2-4-6-13;/h10,12-13,15H,1-9,11H2,(H,16,20);1H. The van der Waals surface area contributed by atoms with E-state index < -0.39 is 0 Å². The Morgan fingerprint density at radius 1 is 1.19 bits per heavy atom. The third kappa shape index (κ3) is 7.43. The molecule has 6 nitrogen and oxygen atoms in total. The second kappa shape index (κ2) is 10.6. The van der Waals surface area contributed by atoms with Gasteiger partial charge < -0.3 is 10.6 Å². The van der Waals surface area contributed by atoms with Crippen LogP contribution >= 0.6 is 12.4 Å². The molecule has 0 aromatic carbocycles. The van der Waals surface area contributed by atoms with Crippen LogP contribution in [0.4, 0.5) is 0 Å². The number of rotatable bonds is 7. The van der Waals surface area contributed by atoms with Gasteiger partial charge in [0.1, 0.15) is 0 Å². The Hall–Kier alpha value is -1.14. The summed E-state index contributed by atoms with van der Waals surface area (Å²) in [6.45, 7) is 2.15. The molecule has 1 aromatic rings. The molecule has 1 fully saturated rings. The Morgan fingerprint density at radius 2 is 1.95 bits per heavy atom. The average Bonchev–Trinajstić information content (AvgIpc) is 2.84. The van der Waals surface area contributed by atoms with Gasteiger partial charge in [0.2, 0.25) is 5.91 Å². The molecule has 2 N–H and O–H groups in total. The smallest absolute Gasteiger partial charge is 0.221 e. The Kier molecular flexibility index (Phi) is 9.01. The summed E-state index contributed by atoms with van der Waals surface area (Å²) in [5, 5.41) is 14.0. The molecule has 1 saturated carbocycles. The van der Waals surface area contributed by atoms with Crippen molar-refractivity contribution < 1.29 is 4.79 Å². The van der Waals surface area contributed by atoms with Gasteiger partial charge in [-0.25, -0.2) is 0 Å². The zero-order valence-corrected chi connectivity index (χ0v) is 13.3. The maximum Gasteiger partial charge on any atom is 0.221 e. The first kappa shape index (κ1) is 17.9. The van der Waals surface area contributed by atoms with E-state index in [1.54, 1.807) is 17.1 Å². The van der Waals surface area contributed by atoms with Gasteiger partial charge in [0.25, 0.3) is 0 Å². The fraction of sp³-hybridized carbons (Fsp3) is 0.786. The summed E-state index contributed by atoms with van der Waals surface area (Å²) >= 11 is 0. The van der Waals surface area contributed by atoms with Gasteiger partial charge in [0.15, 0.2) is 0 Å². The van der Waals surface area contributed by atoms with Crippen molar-refractivity contribution in [3.63, 3.8) is 0 Å². The molecular weight excluding hydrogens is 290 g/mol. The maximum absolute atomic E-state index is 11.6. The summed E-state index contributed by atoms with van der Waals surface area (Å²) in [7, 11) is 0. The molecule has 0 unspecified atom stereocenters. The highest BCUT2D eigenvalue weighted by atomic mass is 35.5. The van der Waals surface area contributed by atoms with Crippen molar-refractivity contribution in [2.24, 2.45) is 0 Å². The van der Waals surface area contributed by atoms with Crippen LogP contribution in [0.3, 0.4) is 0 Å². The molecule has 0 radical (unpaired) electrons. The van der Waals surface area contributed by atoms with Gasteiger partial charge in [-0.15, -0.1) is 17.5 Å². The van der Waals surface area contributed by atoms with Crippen LogP contribution < -0.4 is 10.6 Å². The predicted octanol–water partition coefficient (Wildman–Crippen LogP) is 1.52. The van der Waals surface area contributed by atoms with E-state index in [0.29, 0.717) is 25.6 Å². The number of carbonyl (C=O) groups is 1. The zero-order chi connectivity index (χ0) is 14.0. The predicted molar refractivity (Wildman–Crippen MR) is 84.4 cm³/mol. The Bertz CT molecular complexity index is 377. The van der Waals surface area contributed by atoms with Gasteiger partial charge in [-0.2, -0.15) is 0 Å². The largest absolute Gasteiger partial charge is 0.355 e. The summed E-state index contributed by atoms with van der Waals surface area (Å²) in [6.07, 6.45) is 11.8. The number of nitrogens with zero attached hydrogens (tertiary/aromatic N) is 3. The van der Waals surface area contributed by atoms with Crippen LogP contribution in [0.15, 0.2) is 12.4 Å². The number of hydrogen-bond acceptors (Lipinski definition) is 4. The molecule has 1 heterocycles. The van der Waals surface area contributed by atoms with Crippen LogP contribution in [0.2, 0.25) is 0 Å². The normalized spacial score (nSPS) is 16.0. The molecule has 21 heavy (non-hydrogen) atoms. The van der Waals surface area contributed by atoms with Crippen molar-refractivity contribution >= 4 is 18.3 Å². The molecule has 1 aliphatic rings. The van der Waals surface area contributed by atoms with E-state index in [0.717, 1.165) is 6.54 Å². The fourth-order valence-electron chi connectivity index (χ4n) is 2.62. The second-order valence-corrected chi connectivity index (χ2v) is 5.41. The summed E-state index contributed by atoms with van der Waals surface area (Å²) in [5.41, 5.74) is 0. The lowest BCUT2D eigenvalue weighted by molar-refractivity contribution is -0.121. The van der Waals surface area contributed by atoms with E-state index in [4.69, 9.17) is 0 Å². The molecule has 1 aromatic heterocycles. The summed E-state index contributed by atoms with van der Waals surface area (Å²) in [5.74, 6) is 0.0724. The Balaban J connectivity index is 0.00000220. The molecule has 2 rings (SSSR count). The monoisotopic (exact) mass is 315 g/mol. The van der Waals surface area contributed by atoms with Crippen molar-refractivity contribution in [1.82, 2.24) is 25.6 Å². The summed E-state index contributed by atoms with van der Waals surface area (Å²) < 4.78 is 1.67. The molecule has 0 atom stereocenters. The SMILES string of the molecule is Cl.O=C(CCn1ccnn1)NCCNC1CCCCCC1. The van der Waals surface area contributed by atoms with Crippen LogP contribution in [-0.2, 0) is 11.3 Å². The van der Waals surface area contributed by atoms with Crippen LogP contribution in [-0.4, -0.2) is 40.0 Å². The van der Waals surface area contributed by atoms with E-state index in [9.17, 15) is 4.79 Å². The molecule has 0 spiro atoms. The van der Waals surface area contributed by atoms with Crippen LogP contribution in [0.1, 0.15) is 44.9 Å². The van der Waals surface area contributed by atoms with E-state index >= 15 is 0 Å². The molecule has 7 heteroatoms. The molecule has 0 aliphatic heterocycles. The van der Waals surface area contributed by atoms with E-state index in [1.165, 1.54) is 38.5 Å². The first-order valence-corrected chi connectivity index (χ1v) is 7.69. The van der Waals surface area contributed by atoms with Crippen molar-refractivity contribution in [2.45, 2.75) is 57.5 Å². The van der Waals surface area contributed by atoms with Crippen LogP contribution in [0, 0.1) is 0 Å². The highest BCUT2D eigenvalue weighted by Crippen LogP contribution is 2.16. The minimum absolute atomic E-state index is 0. The topological polar surface area (TPSA) is 71.8 Å². The number of aromatic nitrogens is 3. The lowest BCUT2D eigenvalue weighted by Gasteiger charge is -2.16. The number of amides is 1. The lowest BCUT2D eigenvalue weighted by atomic mass is 10.1. The molecule has 120 valence electrons.